The molecule has 1 aromatic carbocycles. The summed E-state index contributed by atoms with van der Waals surface area (Å²) in [5, 5.41) is 12.5. The normalized spacial score (nSPS) is 23.4. The molecule has 0 spiro atoms. The lowest BCUT2D eigenvalue weighted by Gasteiger charge is -2.22. The lowest BCUT2D eigenvalue weighted by molar-refractivity contribution is 0.306. The SMILES string of the molecule is C#CCNC1(C#N)CCN(Cc2ccccc2)C1. The number of terminal acetylenes is 1. The molecule has 1 heterocycles. The number of nitrogens with zero attached hydrogens (tertiary/aromatic N) is 2. The summed E-state index contributed by atoms with van der Waals surface area (Å²) in [5.41, 5.74) is 0.810. The van der Waals surface area contributed by atoms with Crippen LogP contribution in [0.15, 0.2) is 30.3 Å². The number of rotatable bonds is 4. The molecule has 1 N–H and O–H groups in total. The van der Waals surface area contributed by atoms with E-state index in [1.807, 2.05) is 18.2 Å². The van der Waals surface area contributed by atoms with Crippen molar-refractivity contribution in [3.05, 3.63) is 35.9 Å². The Hall–Kier alpha value is -1.81. The van der Waals surface area contributed by atoms with E-state index in [9.17, 15) is 5.26 Å². The molecule has 2 rings (SSSR count). The van der Waals surface area contributed by atoms with E-state index in [0.29, 0.717) is 6.54 Å². The van der Waals surface area contributed by atoms with Crippen LogP contribution in [-0.2, 0) is 6.54 Å². The van der Waals surface area contributed by atoms with Gasteiger partial charge in [-0.05, 0) is 12.0 Å². The van der Waals surface area contributed by atoms with Crippen molar-refractivity contribution in [2.24, 2.45) is 0 Å². The van der Waals surface area contributed by atoms with Crippen LogP contribution in [0.4, 0.5) is 0 Å². The lowest BCUT2D eigenvalue weighted by atomic mass is 10.0. The zero-order valence-electron chi connectivity index (χ0n) is 10.4. The van der Waals surface area contributed by atoms with E-state index in [4.69, 9.17) is 6.42 Å². The Morgan fingerprint density at radius 2 is 2.17 bits per heavy atom. The number of hydrogen-bond donors (Lipinski definition) is 1. The van der Waals surface area contributed by atoms with Crippen molar-refractivity contribution in [2.75, 3.05) is 19.6 Å². The van der Waals surface area contributed by atoms with Crippen LogP contribution in [0.3, 0.4) is 0 Å². The molecule has 0 radical (unpaired) electrons. The second-order valence-electron chi connectivity index (χ2n) is 4.70. The maximum atomic E-state index is 9.32. The minimum Gasteiger partial charge on any atom is -0.296 e. The molecule has 18 heavy (non-hydrogen) atoms. The highest BCUT2D eigenvalue weighted by Crippen LogP contribution is 2.22. The Labute approximate surface area is 108 Å². The van der Waals surface area contributed by atoms with Gasteiger partial charge in [-0.2, -0.15) is 5.26 Å². The van der Waals surface area contributed by atoms with Crippen LogP contribution >= 0.6 is 0 Å². The first-order chi connectivity index (χ1) is 8.78. The fourth-order valence-corrected chi connectivity index (χ4v) is 2.36. The van der Waals surface area contributed by atoms with E-state index >= 15 is 0 Å². The summed E-state index contributed by atoms with van der Waals surface area (Å²) in [5.74, 6) is 2.54. The molecular weight excluding hydrogens is 222 g/mol. The van der Waals surface area contributed by atoms with Crippen molar-refractivity contribution >= 4 is 0 Å². The molecule has 1 aromatic rings. The van der Waals surface area contributed by atoms with Gasteiger partial charge in [-0.25, -0.2) is 0 Å². The van der Waals surface area contributed by atoms with Crippen molar-refractivity contribution in [3.8, 4) is 18.4 Å². The molecular formula is C15H17N3. The highest BCUT2D eigenvalue weighted by atomic mass is 15.2. The monoisotopic (exact) mass is 239 g/mol. The van der Waals surface area contributed by atoms with E-state index in [0.717, 1.165) is 26.1 Å². The van der Waals surface area contributed by atoms with Crippen LogP contribution < -0.4 is 5.32 Å². The summed E-state index contributed by atoms with van der Waals surface area (Å²) < 4.78 is 0. The van der Waals surface area contributed by atoms with E-state index in [2.05, 4.69) is 34.3 Å². The van der Waals surface area contributed by atoms with Gasteiger partial charge < -0.3 is 0 Å². The van der Waals surface area contributed by atoms with Crippen LogP contribution in [0.2, 0.25) is 0 Å². The Morgan fingerprint density at radius 1 is 1.39 bits per heavy atom. The summed E-state index contributed by atoms with van der Waals surface area (Å²) in [7, 11) is 0. The third-order valence-corrected chi connectivity index (χ3v) is 3.34. The zero-order chi connectivity index (χ0) is 12.8. The molecule has 92 valence electrons. The summed E-state index contributed by atoms with van der Waals surface area (Å²) in [4.78, 5) is 2.29. The largest absolute Gasteiger partial charge is 0.296 e. The van der Waals surface area contributed by atoms with Gasteiger partial charge in [0.15, 0.2) is 0 Å². The lowest BCUT2D eigenvalue weighted by Crippen LogP contribution is -2.46. The number of nitriles is 1. The molecule has 3 nitrogen and oxygen atoms in total. The molecule has 0 amide bonds. The first kappa shape index (κ1) is 12.6. The average molecular weight is 239 g/mol. The maximum Gasteiger partial charge on any atom is 0.121 e. The van der Waals surface area contributed by atoms with Crippen molar-refractivity contribution in [3.63, 3.8) is 0 Å². The van der Waals surface area contributed by atoms with Gasteiger partial charge in [-0.3, -0.25) is 10.2 Å². The van der Waals surface area contributed by atoms with Crippen LogP contribution in [0, 0.1) is 23.7 Å². The fraction of sp³-hybridized carbons (Fsp3) is 0.400. The molecule has 1 aliphatic rings. The predicted octanol–water partition coefficient (Wildman–Crippen LogP) is 1.38. The van der Waals surface area contributed by atoms with Gasteiger partial charge in [0.25, 0.3) is 0 Å². The quantitative estimate of drug-likeness (QED) is 0.807. The highest BCUT2D eigenvalue weighted by molar-refractivity contribution is 5.18. The Kier molecular flexibility index (Phi) is 3.99. The van der Waals surface area contributed by atoms with Gasteiger partial charge >= 0.3 is 0 Å². The summed E-state index contributed by atoms with van der Waals surface area (Å²) in [6.45, 7) is 3.01. The van der Waals surface area contributed by atoms with Crippen molar-refractivity contribution in [1.29, 1.82) is 5.26 Å². The van der Waals surface area contributed by atoms with Gasteiger partial charge in [0.2, 0.25) is 0 Å². The highest BCUT2D eigenvalue weighted by Gasteiger charge is 2.37. The molecule has 0 saturated carbocycles. The predicted molar refractivity (Wildman–Crippen MR) is 71.5 cm³/mol. The molecule has 0 bridgehead atoms. The second-order valence-corrected chi connectivity index (χ2v) is 4.70. The van der Waals surface area contributed by atoms with Crippen LogP contribution in [0.1, 0.15) is 12.0 Å². The van der Waals surface area contributed by atoms with Crippen LogP contribution in [0.5, 0.6) is 0 Å². The van der Waals surface area contributed by atoms with Gasteiger partial charge in [-0.1, -0.05) is 36.3 Å². The van der Waals surface area contributed by atoms with Crippen molar-refractivity contribution in [1.82, 2.24) is 10.2 Å². The number of likely N-dealkylation sites (tertiary alicyclic amines) is 1. The van der Waals surface area contributed by atoms with E-state index in [1.165, 1.54) is 5.56 Å². The molecule has 1 fully saturated rings. The number of nitrogens with one attached hydrogen (secondary N) is 1. The van der Waals surface area contributed by atoms with E-state index in [-0.39, 0.29) is 0 Å². The summed E-state index contributed by atoms with van der Waals surface area (Å²) in [6, 6.07) is 12.7. The van der Waals surface area contributed by atoms with Crippen molar-refractivity contribution in [2.45, 2.75) is 18.5 Å². The second kappa shape index (κ2) is 5.69. The Morgan fingerprint density at radius 3 is 2.83 bits per heavy atom. The van der Waals surface area contributed by atoms with Gasteiger partial charge in [-0.15, -0.1) is 6.42 Å². The number of hydrogen-bond acceptors (Lipinski definition) is 3. The Bertz CT molecular complexity index is 469. The van der Waals surface area contributed by atoms with Crippen molar-refractivity contribution < 1.29 is 0 Å². The molecule has 1 atom stereocenters. The maximum absolute atomic E-state index is 9.32. The Balaban J connectivity index is 1.96. The standard InChI is InChI=1S/C15H17N3/c1-2-9-17-15(12-16)8-10-18(13-15)11-14-6-4-3-5-7-14/h1,3-7,17H,8-11,13H2. The first-order valence-electron chi connectivity index (χ1n) is 6.14. The molecule has 1 saturated heterocycles. The van der Waals surface area contributed by atoms with E-state index < -0.39 is 5.54 Å². The van der Waals surface area contributed by atoms with Gasteiger partial charge in [0.1, 0.15) is 5.54 Å². The molecule has 1 aliphatic heterocycles. The first-order valence-corrected chi connectivity index (χ1v) is 6.14. The molecule has 1 unspecified atom stereocenters. The van der Waals surface area contributed by atoms with Crippen LogP contribution in [0.25, 0.3) is 0 Å². The minimum absolute atomic E-state index is 0.451. The smallest absolute Gasteiger partial charge is 0.121 e. The molecule has 3 heteroatoms. The summed E-state index contributed by atoms with van der Waals surface area (Å²) >= 11 is 0. The minimum atomic E-state index is -0.471. The zero-order valence-corrected chi connectivity index (χ0v) is 10.4. The molecule has 0 aromatic heterocycles. The van der Waals surface area contributed by atoms with E-state index in [1.54, 1.807) is 0 Å². The summed E-state index contributed by atoms with van der Waals surface area (Å²) in [6.07, 6.45) is 6.07. The molecule has 0 aliphatic carbocycles. The topological polar surface area (TPSA) is 39.1 Å². The van der Waals surface area contributed by atoms with Gasteiger partial charge in [0, 0.05) is 19.6 Å². The van der Waals surface area contributed by atoms with Gasteiger partial charge in [0.05, 0.1) is 12.6 Å². The fourth-order valence-electron chi connectivity index (χ4n) is 2.36. The third-order valence-electron chi connectivity index (χ3n) is 3.34. The van der Waals surface area contributed by atoms with Crippen LogP contribution in [-0.4, -0.2) is 30.1 Å². The number of benzene rings is 1. The average Bonchev–Trinajstić information content (AvgIpc) is 2.82. The third kappa shape index (κ3) is 2.90.